The summed E-state index contributed by atoms with van der Waals surface area (Å²) < 4.78 is 7.83. The Hall–Kier alpha value is -1.77. The number of aromatic nitrogens is 1. The predicted molar refractivity (Wildman–Crippen MR) is 77.6 cm³/mol. The van der Waals surface area contributed by atoms with E-state index in [0.717, 1.165) is 31.7 Å². The molecule has 19 heavy (non-hydrogen) atoms. The SMILES string of the molecule is CCCOc1ccc2c(ccn2CCCC(C)=O)c1. The number of nitrogens with zero attached hydrogens (tertiary/aromatic N) is 1. The van der Waals surface area contributed by atoms with Crippen LogP contribution in [0.3, 0.4) is 0 Å². The normalized spacial score (nSPS) is 10.8. The van der Waals surface area contributed by atoms with E-state index in [0.29, 0.717) is 6.42 Å². The number of hydrogen-bond acceptors (Lipinski definition) is 2. The molecule has 2 rings (SSSR count). The molecule has 0 radical (unpaired) electrons. The molecule has 2 aromatic rings. The van der Waals surface area contributed by atoms with Crippen LogP contribution in [-0.4, -0.2) is 17.0 Å². The quantitative estimate of drug-likeness (QED) is 0.757. The van der Waals surface area contributed by atoms with Gasteiger partial charge in [0, 0.05) is 30.1 Å². The van der Waals surface area contributed by atoms with Crippen LogP contribution in [0.15, 0.2) is 30.5 Å². The van der Waals surface area contributed by atoms with E-state index in [1.165, 1.54) is 10.9 Å². The minimum Gasteiger partial charge on any atom is -0.494 e. The Balaban J connectivity index is 2.08. The highest BCUT2D eigenvalue weighted by molar-refractivity contribution is 5.81. The van der Waals surface area contributed by atoms with Crippen molar-refractivity contribution in [3.8, 4) is 5.75 Å². The number of rotatable bonds is 7. The van der Waals surface area contributed by atoms with Crippen molar-refractivity contribution in [3.05, 3.63) is 30.5 Å². The molecule has 0 saturated heterocycles. The highest BCUT2D eigenvalue weighted by atomic mass is 16.5. The van der Waals surface area contributed by atoms with Crippen molar-refractivity contribution in [1.29, 1.82) is 0 Å². The van der Waals surface area contributed by atoms with Gasteiger partial charge in [-0.05, 0) is 44.0 Å². The van der Waals surface area contributed by atoms with Gasteiger partial charge in [-0.15, -0.1) is 0 Å². The van der Waals surface area contributed by atoms with Crippen molar-refractivity contribution in [3.63, 3.8) is 0 Å². The molecule has 3 heteroatoms. The van der Waals surface area contributed by atoms with E-state index in [9.17, 15) is 4.79 Å². The van der Waals surface area contributed by atoms with Gasteiger partial charge in [0.15, 0.2) is 0 Å². The van der Waals surface area contributed by atoms with Gasteiger partial charge in [-0.25, -0.2) is 0 Å². The fourth-order valence-electron chi connectivity index (χ4n) is 2.18. The average Bonchev–Trinajstić information content (AvgIpc) is 2.79. The van der Waals surface area contributed by atoms with Crippen molar-refractivity contribution >= 4 is 16.7 Å². The first-order valence-corrected chi connectivity index (χ1v) is 6.92. The molecule has 0 bridgehead atoms. The molecule has 0 atom stereocenters. The van der Waals surface area contributed by atoms with Crippen LogP contribution in [0.5, 0.6) is 5.75 Å². The van der Waals surface area contributed by atoms with Crippen LogP contribution in [-0.2, 0) is 11.3 Å². The first kappa shape index (κ1) is 13.7. The summed E-state index contributed by atoms with van der Waals surface area (Å²) in [7, 11) is 0. The number of carbonyl (C=O) groups is 1. The third-order valence-corrected chi connectivity index (χ3v) is 3.14. The lowest BCUT2D eigenvalue weighted by molar-refractivity contribution is -0.117. The molecule has 102 valence electrons. The van der Waals surface area contributed by atoms with Gasteiger partial charge in [-0.3, -0.25) is 0 Å². The molecule has 3 nitrogen and oxygen atoms in total. The van der Waals surface area contributed by atoms with Crippen LogP contribution in [0.2, 0.25) is 0 Å². The summed E-state index contributed by atoms with van der Waals surface area (Å²) in [5, 5.41) is 1.19. The molecule has 1 heterocycles. The zero-order chi connectivity index (χ0) is 13.7. The topological polar surface area (TPSA) is 31.2 Å². The van der Waals surface area contributed by atoms with Crippen LogP contribution < -0.4 is 4.74 Å². The van der Waals surface area contributed by atoms with Gasteiger partial charge in [0.2, 0.25) is 0 Å². The summed E-state index contributed by atoms with van der Waals surface area (Å²) >= 11 is 0. The van der Waals surface area contributed by atoms with Gasteiger partial charge < -0.3 is 14.1 Å². The number of hydrogen-bond donors (Lipinski definition) is 0. The Morgan fingerprint density at radius 3 is 2.89 bits per heavy atom. The molecule has 0 N–H and O–H groups in total. The van der Waals surface area contributed by atoms with Gasteiger partial charge >= 0.3 is 0 Å². The Kier molecular flexibility index (Phi) is 4.61. The number of aryl methyl sites for hydroxylation is 1. The van der Waals surface area contributed by atoms with Crippen molar-refractivity contribution in [2.75, 3.05) is 6.61 Å². The van der Waals surface area contributed by atoms with Crippen LogP contribution in [0.1, 0.15) is 33.1 Å². The number of ketones is 1. The Morgan fingerprint density at radius 1 is 1.32 bits per heavy atom. The summed E-state index contributed by atoms with van der Waals surface area (Å²) in [5.41, 5.74) is 1.20. The predicted octanol–water partition coefficient (Wildman–Crippen LogP) is 3.80. The summed E-state index contributed by atoms with van der Waals surface area (Å²) in [6.45, 7) is 5.39. The highest BCUT2D eigenvalue weighted by Crippen LogP contribution is 2.22. The smallest absolute Gasteiger partial charge is 0.129 e. The van der Waals surface area contributed by atoms with Crippen LogP contribution in [0.4, 0.5) is 0 Å². The maximum atomic E-state index is 11.0. The van der Waals surface area contributed by atoms with E-state index in [-0.39, 0.29) is 5.78 Å². The van der Waals surface area contributed by atoms with Gasteiger partial charge in [-0.1, -0.05) is 6.92 Å². The van der Waals surface area contributed by atoms with Gasteiger partial charge in [-0.2, -0.15) is 0 Å². The van der Waals surface area contributed by atoms with Crippen LogP contribution >= 0.6 is 0 Å². The minimum atomic E-state index is 0.256. The monoisotopic (exact) mass is 259 g/mol. The van der Waals surface area contributed by atoms with E-state index in [2.05, 4.69) is 35.9 Å². The number of ether oxygens (including phenoxy) is 1. The average molecular weight is 259 g/mol. The van der Waals surface area contributed by atoms with Crippen molar-refractivity contribution in [2.45, 2.75) is 39.7 Å². The summed E-state index contributed by atoms with van der Waals surface area (Å²) in [5.74, 6) is 1.18. The lowest BCUT2D eigenvalue weighted by Gasteiger charge is -2.07. The summed E-state index contributed by atoms with van der Waals surface area (Å²) in [6.07, 6.45) is 4.64. The minimum absolute atomic E-state index is 0.256. The van der Waals surface area contributed by atoms with Gasteiger partial charge in [0.1, 0.15) is 11.5 Å². The molecular weight excluding hydrogens is 238 g/mol. The van der Waals surface area contributed by atoms with E-state index in [1.54, 1.807) is 6.92 Å². The lowest BCUT2D eigenvalue weighted by atomic mass is 10.2. The molecule has 0 aliphatic rings. The van der Waals surface area contributed by atoms with E-state index >= 15 is 0 Å². The first-order valence-electron chi connectivity index (χ1n) is 6.92. The van der Waals surface area contributed by atoms with Gasteiger partial charge in [0.05, 0.1) is 6.61 Å². The second-order valence-electron chi connectivity index (χ2n) is 4.88. The van der Waals surface area contributed by atoms with E-state index < -0.39 is 0 Å². The maximum Gasteiger partial charge on any atom is 0.129 e. The van der Waals surface area contributed by atoms with Gasteiger partial charge in [0.25, 0.3) is 0 Å². The molecular formula is C16H21NO2. The first-order chi connectivity index (χ1) is 9.20. The molecule has 0 aliphatic carbocycles. The Labute approximate surface area is 114 Å². The zero-order valence-corrected chi connectivity index (χ0v) is 11.7. The third-order valence-electron chi connectivity index (χ3n) is 3.14. The molecule has 0 fully saturated rings. The largest absolute Gasteiger partial charge is 0.494 e. The standard InChI is InChI=1S/C16H21NO2/c1-3-11-19-15-6-7-16-14(12-15)8-10-17(16)9-4-5-13(2)18/h6-8,10,12H,3-5,9,11H2,1-2H3. The zero-order valence-electron chi connectivity index (χ0n) is 11.7. The van der Waals surface area contributed by atoms with E-state index in [1.807, 2.05) is 6.07 Å². The van der Waals surface area contributed by atoms with Crippen LogP contribution in [0.25, 0.3) is 10.9 Å². The maximum absolute atomic E-state index is 11.0. The number of carbonyl (C=O) groups excluding carboxylic acids is 1. The third kappa shape index (κ3) is 3.60. The number of Topliss-reactive ketones (excluding diaryl/α,β-unsaturated/α-hetero) is 1. The van der Waals surface area contributed by atoms with Crippen molar-refractivity contribution in [1.82, 2.24) is 4.57 Å². The molecule has 0 aliphatic heterocycles. The number of benzene rings is 1. The van der Waals surface area contributed by atoms with Crippen molar-refractivity contribution in [2.24, 2.45) is 0 Å². The Bertz CT molecular complexity index is 557. The number of fused-ring (bicyclic) bond motifs is 1. The second kappa shape index (κ2) is 6.41. The molecule has 1 aromatic heterocycles. The summed E-state index contributed by atoms with van der Waals surface area (Å²) in [6, 6.07) is 8.28. The van der Waals surface area contributed by atoms with E-state index in [4.69, 9.17) is 4.74 Å². The molecule has 0 amide bonds. The highest BCUT2D eigenvalue weighted by Gasteiger charge is 2.03. The molecule has 0 saturated carbocycles. The molecule has 1 aromatic carbocycles. The fraction of sp³-hybridized carbons (Fsp3) is 0.438. The fourth-order valence-corrected chi connectivity index (χ4v) is 2.18. The Morgan fingerprint density at radius 2 is 2.16 bits per heavy atom. The lowest BCUT2D eigenvalue weighted by Crippen LogP contribution is -1.99. The molecule has 0 unspecified atom stereocenters. The van der Waals surface area contributed by atoms with Crippen LogP contribution in [0, 0.1) is 0 Å². The summed E-state index contributed by atoms with van der Waals surface area (Å²) in [4.78, 5) is 11.0. The second-order valence-corrected chi connectivity index (χ2v) is 4.88. The molecule has 0 spiro atoms. The van der Waals surface area contributed by atoms with Crippen molar-refractivity contribution < 1.29 is 9.53 Å².